The number of fused-ring (bicyclic) bond motifs is 1. The monoisotopic (exact) mass is 528 g/mol. The first-order valence-electron chi connectivity index (χ1n) is 13.0. The zero-order valence-electron chi connectivity index (χ0n) is 21.2. The van der Waals surface area contributed by atoms with Crippen molar-refractivity contribution in [2.24, 2.45) is 0 Å². The molecule has 3 heterocycles. The molecule has 0 radical (unpaired) electrons. The number of aromatic amines is 1. The van der Waals surface area contributed by atoms with Gasteiger partial charge in [0.2, 0.25) is 5.91 Å². The number of carbonyl (C=O) groups excluding carboxylic acids is 2. The molecule has 1 aliphatic heterocycles. The Morgan fingerprint density at radius 1 is 1.05 bits per heavy atom. The smallest absolute Gasteiger partial charge is 0.317 e. The molecule has 1 aliphatic carbocycles. The zero-order valence-corrected chi connectivity index (χ0v) is 21.2. The highest BCUT2D eigenvalue weighted by atomic mass is 19.1. The summed E-state index contributed by atoms with van der Waals surface area (Å²) in [7, 11) is 0. The number of anilines is 1. The maximum atomic E-state index is 15.3. The third-order valence-electron chi connectivity index (χ3n) is 7.28. The molecule has 1 aromatic carbocycles. The molecule has 0 spiro atoms. The van der Waals surface area contributed by atoms with E-state index in [0.29, 0.717) is 23.2 Å². The van der Waals surface area contributed by atoms with E-state index in [2.05, 4.69) is 25.9 Å². The standard InChI is InChI=1S/C27H31F3N6O2/c1-15(37)31-13-16-9-23(30)26(35-24(16)21-14-32-25-20(21)10-17(28)11-22(25)29)33-18-5-4-6-19(12-18)34-27(38)36-7-2-3-8-36/h9-11,14,18-19,32H,2-8,12-13H2,1H3,(H,31,37)(H,33,35)(H,34,38)/t18-,19+/m1/s1. The number of pyridine rings is 1. The first-order chi connectivity index (χ1) is 18.3. The van der Waals surface area contributed by atoms with Crippen LogP contribution in [0.15, 0.2) is 24.4 Å². The normalized spacial score (nSPS) is 19.5. The predicted octanol–water partition coefficient (Wildman–Crippen LogP) is 4.81. The number of likely N-dealkylation sites (tertiary alicyclic amines) is 1. The Labute approximate surface area is 218 Å². The van der Waals surface area contributed by atoms with Crippen molar-refractivity contribution in [3.63, 3.8) is 0 Å². The van der Waals surface area contributed by atoms with Gasteiger partial charge in [0.1, 0.15) is 11.6 Å². The number of halogens is 3. The zero-order chi connectivity index (χ0) is 26.8. The van der Waals surface area contributed by atoms with Crippen LogP contribution in [0.3, 0.4) is 0 Å². The average molecular weight is 529 g/mol. The van der Waals surface area contributed by atoms with Crippen LogP contribution >= 0.6 is 0 Å². The molecule has 0 unspecified atom stereocenters. The molecule has 0 bridgehead atoms. The minimum atomic E-state index is -0.751. The lowest BCUT2D eigenvalue weighted by Crippen LogP contribution is -2.47. The van der Waals surface area contributed by atoms with Crippen molar-refractivity contribution in [1.29, 1.82) is 0 Å². The SMILES string of the molecule is CC(=O)NCc1cc(F)c(N[C@@H]2CCC[C@H](NC(=O)N3CCCC3)C2)nc1-c1c[nH]c2c(F)cc(F)cc12. The first-order valence-corrected chi connectivity index (χ1v) is 13.0. The maximum Gasteiger partial charge on any atom is 0.317 e. The Bertz CT molecular complexity index is 1350. The molecule has 1 saturated carbocycles. The van der Waals surface area contributed by atoms with E-state index < -0.39 is 17.5 Å². The van der Waals surface area contributed by atoms with Crippen molar-refractivity contribution in [1.82, 2.24) is 25.5 Å². The summed E-state index contributed by atoms with van der Waals surface area (Å²) in [4.78, 5) is 33.3. The fourth-order valence-corrected chi connectivity index (χ4v) is 5.40. The molecule has 3 amide bonds. The number of aromatic nitrogens is 2. The summed E-state index contributed by atoms with van der Waals surface area (Å²) in [6.45, 7) is 2.88. The van der Waals surface area contributed by atoms with Crippen LogP contribution in [0.5, 0.6) is 0 Å². The summed E-state index contributed by atoms with van der Waals surface area (Å²) >= 11 is 0. The van der Waals surface area contributed by atoms with E-state index in [1.165, 1.54) is 25.3 Å². The number of H-pyrrole nitrogens is 1. The summed E-state index contributed by atoms with van der Waals surface area (Å²) in [6.07, 6.45) is 6.64. The van der Waals surface area contributed by atoms with Gasteiger partial charge in [-0.05, 0) is 50.7 Å². The fourth-order valence-electron chi connectivity index (χ4n) is 5.40. The Hall–Kier alpha value is -3.76. The van der Waals surface area contributed by atoms with Gasteiger partial charge in [0.25, 0.3) is 0 Å². The molecule has 4 N–H and O–H groups in total. The molecule has 11 heteroatoms. The molecule has 38 heavy (non-hydrogen) atoms. The van der Waals surface area contributed by atoms with E-state index in [0.717, 1.165) is 51.3 Å². The number of benzene rings is 1. The van der Waals surface area contributed by atoms with Gasteiger partial charge >= 0.3 is 6.03 Å². The van der Waals surface area contributed by atoms with Crippen LogP contribution in [-0.4, -0.2) is 52.0 Å². The lowest BCUT2D eigenvalue weighted by atomic mass is 9.91. The number of rotatable bonds is 6. The van der Waals surface area contributed by atoms with Crippen molar-refractivity contribution in [2.75, 3.05) is 18.4 Å². The Balaban J connectivity index is 1.41. The molecule has 2 aromatic heterocycles. The average Bonchev–Trinajstić information content (AvgIpc) is 3.55. The summed E-state index contributed by atoms with van der Waals surface area (Å²) in [6, 6.07) is 3.05. The minimum Gasteiger partial charge on any atom is -0.365 e. The van der Waals surface area contributed by atoms with Crippen molar-refractivity contribution in [3.8, 4) is 11.3 Å². The second-order valence-electron chi connectivity index (χ2n) is 10.1. The number of carbonyl (C=O) groups is 2. The summed E-state index contributed by atoms with van der Waals surface area (Å²) in [5.74, 6) is -2.40. The molecule has 2 fully saturated rings. The number of nitrogens with zero attached hydrogens (tertiary/aromatic N) is 2. The molecule has 1 saturated heterocycles. The van der Waals surface area contributed by atoms with Crippen LogP contribution in [0.25, 0.3) is 22.2 Å². The number of amides is 3. The molecule has 8 nitrogen and oxygen atoms in total. The molecule has 2 atom stereocenters. The van der Waals surface area contributed by atoms with Crippen molar-refractivity contribution < 1.29 is 22.8 Å². The van der Waals surface area contributed by atoms with Gasteiger partial charge in [-0.25, -0.2) is 22.9 Å². The number of hydrogen-bond acceptors (Lipinski definition) is 4. The molecular formula is C27H31F3N6O2. The van der Waals surface area contributed by atoms with Gasteiger partial charge in [0.15, 0.2) is 11.6 Å². The van der Waals surface area contributed by atoms with E-state index in [1.54, 1.807) is 0 Å². The lowest BCUT2D eigenvalue weighted by molar-refractivity contribution is -0.119. The van der Waals surface area contributed by atoms with E-state index in [4.69, 9.17) is 0 Å². The van der Waals surface area contributed by atoms with Gasteiger partial charge in [0, 0.05) is 67.4 Å². The van der Waals surface area contributed by atoms with Gasteiger partial charge in [-0.1, -0.05) is 0 Å². The van der Waals surface area contributed by atoms with Gasteiger partial charge in [-0.3, -0.25) is 4.79 Å². The summed E-state index contributed by atoms with van der Waals surface area (Å²) < 4.78 is 43.7. The lowest BCUT2D eigenvalue weighted by Gasteiger charge is -2.32. The third-order valence-corrected chi connectivity index (χ3v) is 7.28. The summed E-state index contributed by atoms with van der Waals surface area (Å²) in [5, 5.41) is 9.20. The van der Waals surface area contributed by atoms with Crippen LogP contribution in [-0.2, 0) is 11.3 Å². The number of nitrogens with one attached hydrogen (secondary N) is 4. The molecular weight excluding hydrogens is 497 g/mol. The first kappa shape index (κ1) is 25.9. The number of urea groups is 1. The topological polar surface area (TPSA) is 102 Å². The highest BCUT2D eigenvalue weighted by molar-refractivity contribution is 5.96. The minimum absolute atomic E-state index is 0.00658. The van der Waals surface area contributed by atoms with Crippen molar-refractivity contribution in [2.45, 2.75) is 64.1 Å². The maximum absolute atomic E-state index is 15.3. The van der Waals surface area contributed by atoms with Crippen LogP contribution < -0.4 is 16.0 Å². The van der Waals surface area contributed by atoms with Crippen LogP contribution in [0, 0.1) is 17.5 Å². The Morgan fingerprint density at radius 3 is 2.58 bits per heavy atom. The van der Waals surface area contributed by atoms with Crippen molar-refractivity contribution >= 4 is 28.7 Å². The van der Waals surface area contributed by atoms with Gasteiger partial charge in [0.05, 0.1) is 11.2 Å². The summed E-state index contributed by atoms with van der Waals surface area (Å²) in [5.41, 5.74) is 1.17. The quantitative estimate of drug-likeness (QED) is 0.369. The fraction of sp³-hybridized carbons (Fsp3) is 0.444. The van der Waals surface area contributed by atoms with E-state index >= 15 is 4.39 Å². The third kappa shape index (κ3) is 5.56. The van der Waals surface area contributed by atoms with Gasteiger partial charge < -0.3 is 25.8 Å². The Morgan fingerprint density at radius 2 is 1.82 bits per heavy atom. The predicted molar refractivity (Wildman–Crippen MR) is 138 cm³/mol. The van der Waals surface area contributed by atoms with E-state index in [9.17, 15) is 18.4 Å². The Kier molecular flexibility index (Phi) is 7.44. The molecule has 202 valence electrons. The van der Waals surface area contributed by atoms with E-state index in [-0.39, 0.29) is 47.3 Å². The van der Waals surface area contributed by atoms with Crippen LogP contribution in [0.1, 0.15) is 51.0 Å². The van der Waals surface area contributed by atoms with Gasteiger partial charge in [-0.2, -0.15) is 0 Å². The highest BCUT2D eigenvalue weighted by Crippen LogP contribution is 2.34. The second-order valence-corrected chi connectivity index (χ2v) is 10.1. The van der Waals surface area contributed by atoms with E-state index in [1.807, 2.05) is 4.90 Å². The van der Waals surface area contributed by atoms with Gasteiger partial charge in [-0.15, -0.1) is 0 Å². The van der Waals surface area contributed by atoms with Crippen LogP contribution in [0.4, 0.5) is 23.8 Å². The molecule has 5 rings (SSSR count). The largest absolute Gasteiger partial charge is 0.365 e. The second kappa shape index (κ2) is 10.9. The molecule has 3 aromatic rings. The highest BCUT2D eigenvalue weighted by Gasteiger charge is 2.27. The molecule has 2 aliphatic rings. The number of hydrogen-bond donors (Lipinski definition) is 4. The van der Waals surface area contributed by atoms with Crippen molar-refractivity contribution in [3.05, 3.63) is 47.4 Å². The van der Waals surface area contributed by atoms with Crippen LogP contribution in [0.2, 0.25) is 0 Å².